The first-order valence-corrected chi connectivity index (χ1v) is 8.55. The van der Waals surface area contributed by atoms with E-state index in [1.54, 1.807) is 36.0 Å². The maximum Gasteiger partial charge on any atom is 0.339 e. The molecule has 2 aromatic rings. The standard InChI is InChI=1S/C19H22O3S/c1-19(2,3)14-8-10-15(11-9-14)23-13-12-22-17-7-5-4-6-16(17)18(20)21/h4-11H,12-13H2,1-3H3,(H,20,21). The van der Waals surface area contributed by atoms with Crippen LogP contribution in [0.1, 0.15) is 36.7 Å². The number of carboxylic acids is 1. The monoisotopic (exact) mass is 330 g/mol. The number of hydrogen-bond donors (Lipinski definition) is 1. The van der Waals surface area contributed by atoms with E-state index in [0.29, 0.717) is 12.4 Å². The number of benzene rings is 2. The Kier molecular flexibility index (Phi) is 5.72. The normalized spacial score (nSPS) is 11.3. The van der Waals surface area contributed by atoms with Gasteiger partial charge in [0.1, 0.15) is 11.3 Å². The molecular formula is C19H22O3S. The first kappa shape index (κ1) is 17.4. The molecule has 122 valence electrons. The van der Waals surface area contributed by atoms with Crippen molar-refractivity contribution in [3.05, 3.63) is 59.7 Å². The summed E-state index contributed by atoms with van der Waals surface area (Å²) in [7, 11) is 0. The van der Waals surface area contributed by atoms with Crippen molar-refractivity contribution in [2.24, 2.45) is 0 Å². The molecular weight excluding hydrogens is 308 g/mol. The minimum atomic E-state index is -0.967. The fourth-order valence-electron chi connectivity index (χ4n) is 2.13. The van der Waals surface area contributed by atoms with E-state index in [2.05, 4.69) is 45.0 Å². The van der Waals surface area contributed by atoms with Crippen molar-refractivity contribution in [3.8, 4) is 5.75 Å². The van der Waals surface area contributed by atoms with Gasteiger partial charge in [0.2, 0.25) is 0 Å². The lowest BCUT2D eigenvalue weighted by Gasteiger charge is -2.19. The molecule has 0 fully saturated rings. The fourth-order valence-corrected chi connectivity index (χ4v) is 2.86. The van der Waals surface area contributed by atoms with E-state index in [1.807, 2.05) is 0 Å². The molecule has 0 radical (unpaired) electrons. The van der Waals surface area contributed by atoms with Gasteiger partial charge in [-0.2, -0.15) is 0 Å². The molecule has 23 heavy (non-hydrogen) atoms. The molecule has 0 heterocycles. The van der Waals surface area contributed by atoms with E-state index >= 15 is 0 Å². The summed E-state index contributed by atoms with van der Waals surface area (Å²) in [5, 5.41) is 9.11. The molecule has 3 nitrogen and oxygen atoms in total. The van der Waals surface area contributed by atoms with E-state index in [1.165, 1.54) is 10.5 Å². The summed E-state index contributed by atoms with van der Waals surface area (Å²) in [5.74, 6) is 0.220. The van der Waals surface area contributed by atoms with Crippen LogP contribution in [0.2, 0.25) is 0 Å². The number of thioether (sulfide) groups is 1. The van der Waals surface area contributed by atoms with Gasteiger partial charge >= 0.3 is 5.97 Å². The Morgan fingerprint density at radius 2 is 1.74 bits per heavy atom. The molecule has 0 aromatic heterocycles. The molecule has 0 spiro atoms. The van der Waals surface area contributed by atoms with E-state index in [-0.39, 0.29) is 11.0 Å². The quantitative estimate of drug-likeness (QED) is 0.607. The Morgan fingerprint density at radius 3 is 2.35 bits per heavy atom. The predicted molar refractivity (Wildman–Crippen MR) is 94.8 cm³/mol. The highest BCUT2D eigenvalue weighted by atomic mass is 32.2. The number of hydrogen-bond acceptors (Lipinski definition) is 3. The minimum Gasteiger partial charge on any atom is -0.492 e. The zero-order chi connectivity index (χ0) is 16.9. The van der Waals surface area contributed by atoms with Gasteiger partial charge in [-0.05, 0) is 35.2 Å². The van der Waals surface area contributed by atoms with Crippen LogP contribution in [0, 0.1) is 0 Å². The van der Waals surface area contributed by atoms with Crippen LogP contribution in [0.15, 0.2) is 53.4 Å². The van der Waals surface area contributed by atoms with Crippen LogP contribution in [-0.2, 0) is 5.41 Å². The summed E-state index contributed by atoms with van der Waals surface area (Å²) < 4.78 is 5.60. The van der Waals surface area contributed by atoms with E-state index < -0.39 is 5.97 Å². The molecule has 0 unspecified atom stereocenters. The van der Waals surface area contributed by atoms with Crippen molar-refractivity contribution in [1.82, 2.24) is 0 Å². The van der Waals surface area contributed by atoms with Crippen LogP contribution < -0.4 is 4.74 Å². The largest absolute Gasteiger partial charge is 0.492 e. The molecule has 2 rings (SSSR count). The summed E-state index contributed by atoms with van der Waals surface area (Å²) >= 11 is 1.70. The topological polar surface area (TPSA) is 46.5 Å². The second-order valence-corrected chi connectivity index (χ2v) is 7.44. The van der Waals surface area contributed by atoms with Crippen LogP contribution >= 0.6 is 11.8 Å². The number of aromatic carboxylic acids is 1. The zero-order valence-corrected chi connectivity index (χ0v) is 14.5. The minimum absolute atomic E-state index is 0.160. The van der Waals surface area contributed by atoms with Gasteiger partial charge in [0.15, 0.2) is 0 Å². The SMILES string of the molecule is CC(C)(C)c1ccc(SCCOc2ccccc2C(=O)O)cc1. The second kappa shape index (κ2) is 7.55. The summed E-state index contributed by atoms with van der Waals surface area (Å²) in [6, 6.07) is 15.3. The highest BCUT2D eigenvalue weighted by Crippen LogP contribution is 2.26. The molecule has 0 aliphatic rings. The Balaban J connectivity index is 1.85. The Labute approximate surface area is 141 Å². The predicted octanol–water partition coefficient (Wildman–Crippen LogP) is 4.85. The highest BCUT2D eigenvalue weighted by Gasteiger charge is 2.13. The van der Waals surface area contributed by atoms with Gasteiger partial charge in [0, 0.05) is 10.6 Å². The fraction of sp³-hybridized carbons (Fsp3) is 0.316. The summed E-state index contributed by atoms with van der Waals surface area (Å²) in [6.45, 7) is 7.06. The van der Waals surface area contributed by atoms with Gasteiger partial charge in [-0.25, -0.2) is 4.79 Å². The maximum atomic E-state index is 11.1. The maximum absolute atomic E-state index is 11.1. The van der Waals surface area contributed by atoms with E-state index in [0.717, 1.165) is 5.75 Å². The van der Waals surface area contributed by atoms with Crippen molar-refractivity contribution >= 4 is 17.7 Å². The van der Waals surface area contributed by atoms with Crippen LogP contribution in [0.25, 0.3) is 0 Å². The molecule has 0 bridgehead atoms. The number of carbonyl (C=O) groups is 1. The van der Waals surface area contributed by atoms with Crippen molar-refractivity contribution in [2.45, 2.75) is 31.1 Å². The Hall–Kier alpha value is -1.94. The molecule has 0 saturated heterocycles. The number of para-hydroxylation sites is 1. The lowest BCUT2D eigenvalue weighted by molar-refractivity contribution is 0.0692. The van der Waals surface area contributed by atoms with Gasteiger partial charge in [-0.15, -0.1) is 11.8 Å². The molecule has 0 atom stereocenters. The van der Waals surface area contributed by atoms with Crippen LogP contribution in [0.3, 0.4) is 0 Å². The van der Waals surface area contributed by atoms with Crippen molar-refractivity contribution in [1.29, 1.82) is 0 Å². The Bertz CT molecular complexity index is 657. The number of carboxylic acid groups (broad SMARTS) is 1. The van der Waals surface area contributed by atoms with Gasteiger partial charge in [0.25, 0.3) is 0 Å². The zero-order valence-electron chi connectivity index (χ0n) is 13.7. The van der Waals surface area contributed by atoms with Crippen LogP contribution in [0.5, 0.6) is 5.75 Å². The summed E-state index contributed by atoms with van der Waals surface area (Å²) in [6.07, 6.45) is 0. The molecule has 0 saturated carbocycles. The third-order valence-corrected chi connectivity index (χ3v) is 4.42. The van der Waals surface area contributed by atoms with Crippen LogP contribution in [-0.4, -0.2) is 23.4 Å². The average Bonchev–Trinajstić information content (AvgIpc) is 2.51. The first-order chi connectivity index (χ1) is 10.9. The lowest BCUT2D eigenvalue weighted by atomic mass is 9.87. The number of ether oxygens (including phenoxy) is 1. The van der Waals surface area contributed by atoms with Gasteiger partial charge in [-0.3, -0.25) is 0 Å². The molecule has 1 N–H and O–H groups in total. The average molecular weight is 330 g/mol. The first-order valence-electron chi connectivity index (χ1n) is 7.56. The van der Waals surface area contributed by atoms with E-state index in [9.17, 15) is 4.79 Å². The number of rotatable bonds is 6. The highest BCUT2D eigenvalue weighted by molar-refractivity contribution is 7.99. The molecule has 4 heteroatoms. The molecule has 2 aromatic carbocycles. The van der Waals surface area contributed by atoms with E-state index in [4.69, 9.17) is 9.84 Å². The van der Waals surface area contributed by atoms with Crippen LogP contribution in [0.4, 0.5) is 0 Å². The molecule has 0 aliphatic heterocycles. The van der Waals surface area contributed by atoms with Crippen molar-refractivity contribution < 1.29 is 14.6 Å². The summed E-state index contributed by atoms with van der Waals surface area (Å²) in [5.41, 5.74) is 1.67. The second-order valence-electron chi connectivity index (χ2n) is 6.27. The van der Waals surface area contributed by atoms with Crippen molar-refractivity contribution in [3.63, 3.8) is 0 Å². The van der Waals surface area contributed by atoms with Gasteiger partial charge < -0.3 is 9.84 Å². The van der Waals surface area contributed by atoms with Gasteiger partial charge in [0.05, 0.1) is 6.61 Å². The molecule has 0 amide bonds. The van der Waals surface area contributed by atoms with Gasteiger partial charge in [-0.1, -0.05) is 45.0 Å². The third kappa shape index (κ3) is 5.03. The summed E-state index contributed by atoms with van der Waals surface area (Å²) in [4.78, 5) is 12.3. The van der Waals surface area contributed by atoms with Crippen molar-refractivity contribution in [2.75, 3.05) is 12.4 Å². The lowest BCUT2D eigenvalue weighted by Crippen LogP contribution is -2.10. The Morgan fingerprint density at radius 1 is 1.09 bits per heavy atom. The molecule has 0 aliphatic carbocycles. The smallest absolute Gasteiger partial charge is 0.339 e. The third-order valence-electron chi connectivity index (χ3n) is 3.45.